The molecule has 0 aromatic carbocycles. The average Bonchev–Trinajstić information content (AvgIpc) is 1.91. The maximum atomic E-state index is 12.9. The summed E-state index contributed by atoms with van der Waals surface area (Å²) >= 11 is 0. The monoisotopic (exact) mass is 208 g/mol. The van der Waals surface area contributed by atoms with E-state index in [0.717, 1.165) is 32.3 Å². The van der Waals surface area contributed by atoms with Crippen molar-refractivity contribution in [3.63, 3.8) is 0 Å². The summed E-state index contributed by atoms with van der Waals surface area (Å²) in [4.78, 5) is 0. The molecular weight excluding hydrogens is 190 g/mol. The van der Waals surface area contributed by atoms with Crippen LogP contribution in [0, 0.1) is 5.41 Å². The van der Waals surface area contributed by atoms with Gasteiger partial charge in [0.15, 0.2) is 0 Å². The van der Waals surface area contributed by atoms with Crippen molar-refractivity contribution in [3.8, 4) is 0 Å². The normalized spacial score (nSPS) is 32.5. The quantitative estimate of drug-likeness (QED) is 0.646. The van der Waals surface area contributed by atoms with Gasteiger partial charge < -0.3 is 4.52 Å². The molecule has 0 N–H and O–H groups in total. The van der Waals surface area contributed by atoms with Crippen LogP contribution in [0.2, 0.25) is 0 Å². The van der Waals surface area contributed by atoms with E-state index in [0.29, 0.717) is 0 Å². The van der Waals surface area contributed by atoms with E-state index < -0.39 is 7.68 Å². The van der Waals surface area contributed by atoms with Crippen molar-refractivity contribution < 1.29 is 13.3 Å². The lowest BCUT2D eigenvalue weighted by atomic mass is 9.75. The molecule has 1 saturated carbocycles. The molecule has 78 valence electrons. The van der Waals surface area contributed by atoms with E-state index in [2.05, 4.69) is 0 Å². The molecule has 1 fully saturated rings. The zero-order valence-electron chi connectivity index (χ0n) is 8.55. The Morgan fingerprint density at radius 2 is 2.08 bits per heavy atom. The highest BCUT2D eigenvalue weighted by Gasteiger charge is 2.36. The third kappa shape index (κ3) is 3.40. The molecule has 2 nitrogen and oxygen atoms in total. The molecule has 1 rings (SSSR count). The lowest BCUT2D eigenvalue weighted by Gasteiger charge is -2.38. The summed E-state index contributed by atoms with van der Waals surface area (Å²) in [7, 11) is -3.81. The zero-order valence-corrected chi connectivity index (χ0v) is 9.44. The minimum atomic E-state index is -3.81. The minimum Gasteiger partial charge on any atom is -0.302 e. The van der Waals surface area contributed by atoms with Crippen LogP contribution < -0.4 is 0 Å². The SMILES string of the molecule is CC1(C)CCCCC1OP(C)(=O)F. The van der Waals surface area contributed by atoms with Crippen molar-refractivity contribution in [1.82, 2.24) is 0 Å². The molecule has 13 heavy (non-hydrogen) atoms. The van der Waals surface area contributed by atoms with Crippen LogP contribution in [-0.2, 0) is 9.09 Å². The van der Waals surface area contributed by atoms with Crippen molar-refractivity contribution in [2.45, 2.75) is 45.6 Å². The Morgan fingerprint density at radius 3 is 2.54 bits per heavy atom. The summed E-state index contributed by atoms with van der Waals surface area (Å²) in [5, 5.41) is 0. The fourth-order valence-corrected chi connectivity index (χ4v) is 2.73. The van der Waals surface area contributed by atoms with Crippen LogP contribution >= 0.6 is 7.68 Å². The van der Waals surface area contributed by atoms with Crippen LogP contribution in [0.3, 0.4) is 0 Å². The van der Waals surface area contributed by atoms with Crippen molar-refractivity contribution in [2.75, 3.05) is 6.66 Å². The average molecular weight is 208 g/mol. The molecule has 0 amide bonds. The predicted molar refractivity (Wildman–Crippen MR) is 51.8 cm³/mol. The Bertz CT molecular complexity index is 222. The van der Waals surface area contributed by atoms with E-state index in [1.54, 1.807) is 0 Å². The number of rotatable bonds is 2. The van der Waals surface area contributed by atoms with E-state index in [4.69, 9.17) is 4.52 Å². The fourth-order valence-electron chi connectivity index (χ4n) is 1.88. The largest absolute Gasteiger partial charge is 0.364 e. The second kappa shape index (κ2) is 3.70. The fraction of sp³-hybridized carbons (Fsp3) is 1.00. The third-order valence-corrected chi connectivity index (χ3v) is 3.36. The highest BCUT2D eigenvalue weighted by Crippen LogP contribution is 2.51. The van der Waals surface area contributed by atoms with Gasteiger partial charge >= 0.3 is 7.68 Å². The first-order valence-electron chi connectivity index (χ1n) is 4.77. The van der Waals surface area contributed by atoms with Crippen LogP contribution in [0.25, 0.3) is 0 Å². The maximum Gasteiger partial charge on any atom is 0.364 e. The summed E-state index contributed by atoms with van der Waals surface area (Å²) < 4.78 is 28.7. The molecule has 2 atom stereocenters. The standard InChI is InChI=1S/C9H18FO2P/c1-9(2)7-5-4-6-8(9)12-13(3,10)11/h8H,4-7H2,1-3H3. The first-order valence-corrected chi connectivity index (χ1v) is 6.73. The van der Waals surface area contributed by atoms with Gasteiger partial charge in [-0.15, -0.1) is 0 Å². The molecule has 0 aromatic heterocycles. The van der Waals surface area contributed by atoms with Crippen LogP contribution in [0.5, 0.6) is 0 Å². The summed E-state index contributed by atoms with van der Waals surface area (Å²) in [6.45, 7) is 5.14. The van der Waals surface area contributed by atoms with Crippen molar-refractivity contribution >= 4 is 7.68 Å². The van der Waals surface area contributed by atoms with E-state index in [1.165, 1.54) is 0 Å². The summed E-state index contributed by atoms with van der Waals surface area (Å²) in [6.07, 6.45) is 3.88. The van der Waals surface area contributed by atoms with Crippen molar-refractivity contribution in [3.05, 3.63) is 0 Å². The molecule has 0 spiro atoms. The Morgan fingerprint density at radius 1 is 1.46 bits per heavy atom. The van der Waals surface area contributed by atoms with Crippen LogP contribution in [0.4, 0.5) is 4.20 Å². The van der Waals surface area contributed by atoms with E-state index in [-0.39, 0.29) is 11.5 Å². The third-order valence-electron chi connectivity index (χ3n) is 2.72. The zero-order chi connectivity index (χ0) is 10.1. The number of hydrogen-bond donors (Lipinski definition) is 0. The number of hydrogen-bond acceptors (Lipinski definition) is 2. The van der Waals surface area contributed by atoms with Gasteiger partial charge in [-0.3, -0.25) is 4.57 Å². The predicted octanol–water partition coefficient (Wildman–Crippen LogP) is 3.76. The Kier molecular flexibility index (Phi) is 3.19. The highest BCUT2D eigenvalue weighted by atomic mass is 31.2. The van der Waals surface area contributed by atoms with E-state index in [9.17, 15) is 8.76 Å². The molecule has 4 heteroatoms. The lowest BCUT2D eigenvalue weighted by Crippen LogP contribution is -2.34. The van der Waals surface area contributed by atoms with Gasteiger partial charge in [0.05, 0.1) is 6.10 Å². The molecule has 2 unspecified atom stereocenters. The number of halogens is 1. The van der Waals surface area contributed by atoms with Crippen LogP contribution in [0.15, 0.2) is 0 Å². The van der Waals surface area contributed by atoms with Crippen LogP contribution in [0.1, 0.15) is 39.5 Å². The first-order chi connectivity index (χ1) is 5.81. The molecule has 1 aliphatic carbocycles. The molecule has 1 aliphatic rings. The highest BCUT2D eigenvalue weighted by molar-refractivity contribution is 7.52. The Hall–Kier alpha value is 0.120. The molecule has 0 aromatic rings. The summed E-state index contributed by atoms with van der Waals surface area (Å²) in [6, 6.07) is 0. The summed E-state index contributed by atoms with van der Waals surface area (Å²) in [5.74, 6) is 0. The summed E-state index contributed by atoms with van der Waals surface area (Å²) in [5.41, 5.74) is -0.0317. The topological polar surface area (TPSA) is 26.3 Å². The van der Waals surface area contributed by atoms with Crippen LogP contribution in [-0.4, -0.2) is 12.8 Å². The lowest BCUT2D eigenvalue weighted by molar-refractivity contribution is 0.0313. The van der Waals surface area contributed by atoms with Gasteiger partial charge in [-0.2, -0.15) is 4.20 Å². The van der Waals surface area contributed by atoms with E-state index in [1.807, 2.05) is 13.8 Å². The van der Waals surface area contributed by atoms with Gasteiger partial charge in [0, 0.05) is 6.66 Å². The van der Waals surface area contributed by atoms with Crippen molar-refractivity contribution in [1.29, 1.82) is 0 Å². The molecular formula is C9H18FO2P. The first kappa shape index (κ1) is 11.2. The van der Waals surface area contributed by atoms with Gasteiger partial charge in [-0.1, -0.05) is 26.7 Å². The maximum absolute atomic E-state index is 12.9. The second-order valence-corrected chi connectivity index (χ2v) is 6.28. The van der Waals surface area contributed by atoms with Gasteiger partial charge in [0.25, 0.3) is 0 Å². The van der Waals surface area contributed by atoms with Gasteiger partial charge in [-0.05, 0) is 18.3 Å². The molecule has 0 heterocycles. The Labute approximate surface area is 79.4 Å². The second-order valence-electron chi connectivity index (χ2n) is 4.58. The van der Waals surface area contributed by atoms with Crippen molar-refractivity contribution in [2.24, 2.45) is 5.41 Å². The van der Waals surface area contributed by atoms with Gasteiger partial charge in [0.2, 0.25) is 0 Å². The smallest absolute Gasteiger partial charge is 0.302 e. The molecule has 0 aliphatic heterocycles. The molecule has 0 bridgehead atoms. The minimum absolute atomic E-state index is 0.0317. The molecule has 0 radical (unpaired) electrons. The molecule has 0 saturated heterocycles. The Balaban J connectivity index is 2.61. The van der Waals surface area contributed by atoms with E-state index >= 15 is 0 Å². The van der Waals surface area contributed by atoms with Gasteiger partial charge in [0.1, 0.15) is 0 Å². The van der Waals surface area contributed by atoms with Gasteiger partial charge in [-0.25, -0.2) is 0 Å².